The van der Waals surface area contributed by atoms with Gasteiger partial charge in [-0.2, -0.15) is 9.36 Å². The maximum Gasteiger partial charge on any atom is 0.257 e. The zero-order valence-corrected chi connectivity index (χ0v) is 17.3. The van der Waals surface area contributed by atoms with Crippen LogP contribution >= 0.6 is 11.5 Å². The molecule has 0 aliphatic heterocycles. The number of nitrogens with one attached hydrogen (secondary N) is 1. The fraction of sp³-hybridized carbons (Fsp3) is 0.350. The Morgan fingerprint density at radius 2 is 2.10 bits per heavy atom. The van der Waals surface area contributed by atoms with Crippen molar-refractivity contribution in [2.75, 3.05) is 12.4 Å². The van der Waals surface area contributed by atoms with Crippen LogP contribution in [0.4, 0.5) is 10.9 Å². The second kappa shape index (κ2) is 8.12. The van der Waals surface area contributed by atoms with Gasteiger partial charge in [-0.05, 0) is 51.0 Å². The largest absolute Gasteiger partial charge is 0.489 e. The van der Waals surface area contributed by atoms with Gasteiger partial charge in [-0.15, -0.1) is 0 Å². The van der Waals surface area contributed by atoms with E-state index in [9.17, 15) is 4.79 Å². The van der Waals surface area contributed by atoms with E-state index in [4.69, 9.17) is 4.74 Å². The maximum absolute atomic E-state index is 12.8. The van der Waals surface area contributed by atoms with E-state index in [2.05, 4.69) is 24.6 Å². The van der Waals surface area contributed by atoms with Crippen molar-refractivity contribution in [1.29, 1.82) is 0 Å². The Morgan fingerprint density at radius 3 is 2.79 bits per heavy atom. The molecule has 0 saturated heterocycles. The van der Waals surface area contributed by atoms with Gasteiger partial charge in [0.15, 0.2) is 5.82 Å². The Morgan fingerprint density at radius 1 is 1.28 bits per heavy atom. The van der Waals surface area contributed by atoms with Crippen molar-refractivity contribution in [3.8, 4) is 17.3 Å². The molecule has 0 radical (unpaired) electrons. The van der Waals surface area contributed by atoms with Crippen molar-refractivity contribution < 1.29 is 9.53 Å². The molecular weight excluding hydrogens is 388 g/mol. The van der Waals surface area contributed by atoms with Gasteiger partial charge in [0.05, 0.1) is 17.9 Å². The molecule has 1 saturated carbocycles. The normalized spacial score (nSPS) is 13.4. The predicted octanol–water partition coefficient (Wildman–Crippen LogP) is 3.76. The van der Waals surface area contributed by atoms with Crippen molar-refractivity contribution in [3.63, 3.8) is 0 Å². The van der Waals surface area contributed by atoms with Crippen LogP contribution in [0.1, 0.15) is 37.0 Å². The number of carbonyl (C=O) groups is 1. The molecule has 1 amide bonds. The van der Waals surface area contributed by atoms with Gasteiger partial charge in [0, 0.05) is 30.8 Å². The summed E-state index contributed by atoms with van der Waals surface area (Å²) >= 11 is 1.19. The van der Waals surface area contributed by atoms with Gasteiger partial charge in [0.2, 0.25) is 5.13 Å². The van der Waals surface area contributed by atoms with Gasteiger partial charge in [-0.25, -0.2) is 9.97 Å². The first-order valence-electron chi connectivity index (χ1n) is 9.47. The topological polar surface area (TPSA) is 93.1 Å². The molecule has 3 heterocycles. The molecule has 0 aromatic carbocycles. The maximum atomic E-state index is 12.8. The second-order valence-corrected chi connectivity index (χ2v) is 7.89. The molecule has 4 rings (SSSR count). The molecule has 0 unspecified atom stereocenters. The zero-order valence-electron chi connectivity index (χ0n) is 16.5. The molecule has 1 N–H and O–H groups in total. The van der Waals surface area contributed by atoms with E-state index in [1.54, 1.807) is 29.4 Å². The molecule has 1 aliphatic rings. The molecule has 1 aliphatic carbocycles. The number of anilines is 2. The lowest BCUT2D eigenvalue weighted by Gasteiger charge is -2.17. The minimum atomic E-state index is -0.0461. The van der Waals surface area contributed by atoms with Gasteiger partial charge >= 0.3 is 0 Å². The first-order chi connectivity index (χ1) is 14.0. The zero-order chi connectivity index (χ0) is 20.4. The summed E-state index contributed by atoms with van der Waals surface area (Å²) in [6, 6.07) is 7.53. The predicted molar refractivity (Wildman–Crippen MR) is 112 cm³/mol. The third-order valence-corrected chi connectivity index (χ3v) is 5.07. The summed E-state index contributed by atoms with van der Waals surface area (Å²) in [6.07, 6.45) is 5.50. The summed E-state index contributed by atoms with van der Waals surface area (Å²) in [5.74, 6) is 1.64. The third kappa shape index (κ3) is 4.51. The summed E-state index contributed by atoms with van der Waals surface area (Å²) in [5.41, 5.74) is 1.17. The van der Waals surface area contributed by atoms with Crippen LogP contribution in [0, 0.1) is 0 Å². The first kappa shape index (κ1) is 19.3. The molecule has 0 bridgehead atoms. The van der Waals surface area contributed by atoms with E-state index < -0.39 is 0 Å². The van der Waals surface area contributed by atoms with Crippen LogP contribution in [0.25, 0.3) is 11.5 Å². The van der Waals surface area contributed by atoms with E-state index in [-0.39, 0.29) is 12.0 Å². The monoisotopic (exact) mass is 410 g/mol. The first-order valence-corrected chi connectivity index (χ1v) is 10.2. The van der Waals surface area contributed by atoms with E-state index in [1.807, 2.05) is 33.0 Å². The number of pyridine rings is 2. The Kier molecular flexibility index (Phi) is 5.39. The van der Waals surface area contributed by atoms with E-state index in [0.29, 0.717) is 39.8 Å². The lowest BCUT2D eigenvalue weighted by molar-refractivity contribution is 0.0785. The lowest BCUT2D eigenvalue weighted by atomic mass is 10.2. The van der Waals surface area contributed by atoms with Gasteiger partial charge in [0.1, 0.15) is 17.3 Å². The fourth-order valence-electron chi connectivity index (χ4n) is 2.83. The number of aromatic nitrogens is 4. The number of rotatable bonds is 7. The second-order valence-electron chi connectivity index (χ2n) is 7.14. The molecule has 150 valence electrons. The Balaban J connectivity index is 1.50. The number of hydrogen-bond acceptors (Lipinski definition) is 8. The quantitative estimate of drug-likeness (QED) is 0.634. The summed E-state index contributed by atoms with van der Waals surface area (Å²) in [7, 11) is 1.83. The van der Waals surface area contributed by atoms with Gasteiger partial charge in [-0.1, -0.05) is 0 Å². The average molecular weight is 411 g/mol. The van der Waals surface area contributed by atoms with Crippen molar-refractivity contribution in [3.05, 3.63) is 42.2 Å². The Labute approximate surface area is 173 Å². The summed E-state index contributed by atoms with van der Waals surface area (Å²) < 4.78 is 9.97. The van der Waals surface area contributed by atoms with Crippen LogP contribution in [-0.4, -0.2) is 49.3 Å². The number of nitrogens with zero attached hydrogens (tertiary/aromatic N) is 5. The van der Waals surface area contributed by atoms with Crippen molar-refractivity contribution in [2.45, 2.75) is 38.8 Å². The molecule has 0 atom stereocenters. The molecular formula is C20H22N6O2S. The highest BCUT2D eigenvalue weighted by Gasteiger charge is 2.31. The average Bonchev–Trinajstić information content (AvgIpc) is 3.47. The van der Waals surface area contributed by atoms with Gasteiger partial charge in [0.25, 0.3) is 5.91 Å². The third-order valence-electron chi connectivity index (χ3n) is 4.44. The van der Waals surface area contributed by atoms with Crippen molar-refractivity contribution in [1.82, 2.24) is 24.2 Å². The van der Waals surface area contributed by atoms with Gasteiger partial charge < -0.3 is 15.0 Å². The van der Waals surface area contributed by atoms with E-state index in [1.165, 1.54) is 11.5 Å². The standard InChI is InChI=1S/C20H22N6O2S/c1-12(2)28-14-8-9-16(22-11-14)18-24-20(29-25-18)23-17-15(5-4-10-21-17)19(27)26(3)13-6-7-13/h4-5,8-13H,6-7H2,1-3H3,(H,21,23,24,25). The molecule has 0 spiro atoms. The summed E-state index contributed by atoms with van der Waals surface area (Å²) in [4.78, 5) is 27.7. The number of hydrogen-bond donors (Lipinski definition) is 1. The lowest BCUT2D eigenvalue weighted by Crippen LogP contribution is -2.29. The molecule has 3 aromatic rings. The highest BCUT2D eigenvalue weighted by molar-refractivity contribution is 7.09. The Bertz CT molecular complexity index is 1000. The summed E-state index contributed by atoms with van der Waals surface area (Å²) in [6.45, 7) is 3.93. The van der Waals surface area contributed by atoms with Crippen LogP contribution < -0.4 is 10.1 Å². The smallest absolute Gasteiger partial charge is 0.257 e. The SMILES string of the molecule is CC(C)Oc1ccc(-c2nsc(Nc3ncccc3C(=O)N(C)C3CC3)n2)nc1. The van der Waals surface area contributed by atoms with Crippen LogP contribution in [-0.2, 0) is 0 Å². The van der Waals surface area contributed by atoms with Crippen LogP contribution in [0.2, 0.25) is 0 Å². The van der Waals surface area contributed by atoms with Crippen LogP contribution in [0.15, 0.2) is 36.7 Å². The van der Waals surface area contributed by atoms with Crippen molar-refractivity contribution >= 4 is 28.4 Å². The highest BCUT2D eigenvalue weighted by Crippen LogP contribution is 2.29. The van der Waals surface area contributed by atoms with Crippen molar-refractivity contribution in [2.24, 2.45) is 0 Å². The molecule has 8 nitrogen and oxygen atoms in total. The minimum Gasteiger partial charge on any atom is -0.489 e. The fourth-order valence-corrected chi connectivity index (χ4v) is 3.41. The van der Waals surface area contributed by atoms with Crippen LogP contribution in [0.3, 0.4) is 0 Å². The van der Waals surface area contributed by atoms with Gasteiger partial charge in [-0.3, -0.25) is 4.79 Å². The van der Waals surface area contributed by atoms with E-state index in [0.717, 1.165) is 12.8 Å². The number of carbonyl (C=O) groups excluding carboxylic acids is 1. The van der Waals surface area contributed by atoms with E-state index >= 15 is 0 Å². The Hall–Kier alpha value is -3.07. The molecule has 1 fully saturated rings. The summed E-state index contributed by atoms with van der Waals surface area (Å²) in [5, 5.41) is 3.68. The van der Waals surface area contributed by atoms with Crippen LogP contribution in [0.5, 0.6) is 5.75 Å². The molecule has 29 heavy (non-hydrogen) atoms. The molecule has 9 heteroatoms. The minimum absolute atomic E-state index is 0.0461. The molecule has 3 aromatic heterocycles. The number of amides is 1. The number of ether oxygens (including phenoxy) is 1. The highest BCUT2D eigenvalue weighted by atomic mass is 32.1.